The van der Waals surface area contributed by atoms with Crippen LogP contribution >= 0.6 is 0 Å². The highest BCUT2D eigenvalue weighted by atomic mass is 19.1. The fraction of sp³-hybridized carbons (Fsp3) is 0.571. The van der Waals surface area contributed by atoms with Crippen LogP contribution in [0.2, 0.25) is 0 Å². The van der Waals surface area contributed by atoms with Crippen LogP contribution in [0.1, 0.15) is 31.9 Å². The van der Waals surface area contributed by atoms with Crippen LogP contribution in [0, 0.1) is 5.82 Å². The topological polar surface area (TPSA) is 32.7 Å². The molecule has 0 aliphatic carbocycles. The van der Waals surface area contributed by atoms with Crippen molar-refractivity contribution >= 4 is 0 Å². The van der Waals surface area contributed by atoms with Crippen molar-refractivity contribution in [2.75, 3.05) is 21.2 Å². The second kappa shape index (κ2) is 5.67. The lowest BCUT2D eigenvalue weighted by atomic mass is 9.85. The Morgan fingerprint density at radius 1 is 1.44 bits per heavy atom. The van der Waals surface area contributed by atoms with E-state index in [-0.39, 0.29) is 5.82 Å². The van der Waals surface area contributed by atoms with Crippen molar-refractivity contribution < 1.29 is 14.2 Å². The number of ether oxygens (including phenoxy) is 1. The third-order valence-corrected chi connectivity index (χ3v) is 3.81. The molecule has 0 amide bonds. The van der Waals surface area contributed by atoms with Crippen molar-refractivity contribution in [2.45, 2.75) is 31.9 Å². The Balaban J connectivity index is 3.24. The number of methoxy groups -OCH3 is 1. The van der Waals surface area contributed by atoms with Gasteiger partial charge in [-0.3, -0.25) is 0 Å². The van der Waals surface area contributed by atoms with Crippen LogP contribution in [0.25, 0.3) is 0 Å². The summed E-state index contributed by atoms with van der Waals surface area (Å²) >= 11 is 0. The van der Waals surface area contributed by atoms with E-state index >= 15 is 0 Å². The van der Waals surface area contributed by atoms with E-state index in [0.717, 1.165) is 6.42 Å². The summed E-state index contributed by atoms with van der Waals surface area (Å²) in [6.45, 7) is 3.94. The molecule has 1 aromatic rings. The first-order valence-electron chi connectivity index (χ1n) is 6.05. The van der Waals surface area contributed by atoms with Gasteiger partial charge in [-0.1, -0.05) is 6.92 Å². The Labute approximate surface area is 108 Å². The first-order valence-corrected chi connectivity index (χ1v) is 6.05. The minimum absolute atomic E-state index is 0.373. The van der Waals surface area contributed by atoms with E-state index in [1.54, 1.807) is 6.07 Å². The smallest absolute Gasteiger partial charge is 0.124 e. The third kappa shape index (κ3) is 2.65. The molecule has 0 aliphatic rings. The number of aliphatic hydroxyl groups excluding tert-OH is 1. The van der Waals surface area contributed by atoms with Gasteiger partial charge in [-0.05, 0) is 45.6 Å². The van der Waals surface area contributed by atoms with Crippen LogP contribution in [0.5, 0.6) is 5.75 Å². The zero-order valence-corrected chi connectivity index (χ0v) is 11.7. The van der Waals surface area contributed by atoms with Gasteiger partial charge in [0.25, 0.3) is 0 Å². The van der Waals surface area contributed by atoms with Crippen molar-refractivity contribution in [1.82, 2.24) is 4.90 Å². The molecule has 0 spiro atoms. The molecule has 0 saturated carbocycles. The van der Waals surface area contributed by atoms with Gasteiger partial charge >= 0.3 is 0 Å². The molecule has 18 heavy (non-hydrogen) atoms. The minimum atomic E-state index is -0.817. The number of likely N-dealkylation sites (N-methyl/N-ethyl adjacent to an activating group) is 1. The standard InChI is InChI=1S/C14H22FNO2/c1-6-14(2,16(3)4)13(17)11-9-10(15)7-8-12(11)18-5/h7-9,13,17H,6H2,1-5H3. The molecule has 4 heteroatoms. The van der Waals surface area contributed by atoms with Crippen molar-refractivity contribution in [2.24, 2.45) is 0 Å². The quantitative estimate of drug-likeness (QED) is 0.878. The summed E-state index contributed by atoms with van der Waals surface area (Å²) in [5, 5.41) is 10.6. The summed E-state index contributed by atoms with van der Waals surface area (Å²) in [6.07, 6.45) is -0.0796. The number of rotatable bonds is 5. The largest absolute Gasteiger partial charge is 0.496 e. The molecule has 0 heterocycles. The molecule has 2 atom stereocenters. The predicted octanol–water partition coefficient (Wildman–Crippen LogP) is 2.60. The summed E-state index contributed by atoms with van der Waals surface area (Å²) < 4.78 is 18.6. The minimum Gasteiger partial charge on any atom is -0.496 e. The molecule has 0 bridgehead atoms. The van der Waals surface area contributed by atoms with Gasteiger partial charge in [-0.2, -0.15) is 0 Å². The number of hydrogen-bond donors (Lipinski definition) is 1. The second-order valence-electron chi connectivity index (χ2n) is 4.89. The van der Waals surface area contributed by atoms with Crippen molar-refractivity contribution in [3.8, 4) is 5.75 Å². The number of benzene rings is 1. The average Bonchev–Trinajstić information content (AvgIpc) is 2.36. The summed E-state index contributed by atoms with van der Waals surface area (Å²) in [7, 11) is 5.32. The van der Waals surface area contributed by atoms with E-state index in [1.165, 1.54) is 19.2 Å². The molecule has 1 rings (SSSR count). The fourth-order valence-electron chi connectivity index (χ4n) is 2.01. The van der Waals surface area contributed by atoms with Gasteiger partial charge in [0.2, 0.25) is 0 Å². The van der Waals surface area contributed by atoms with E-state index in [0.29, 0.717) is 11.3 Å². The Hall–Kier alpha value is -1.13. The summed E-state index contributed by atoms with van der Waals surface area (Å²) in [5.74, 6) is 0.132. The van der Waals surface area contributed by atoms with Gasteiger partial charge < -0.3 is 14.7 Å². The lowest BCUT2D eigenvalue weighted by molar-refractivity contribution is -0.000584. The molecule has 0 radical (unpaired) electrons. The van der Waals surface area contributed by atoms with Gasteiger partial charge in [0.1, 0.15) is 17.7 Å². The summed E-state index contributed by atoms with van der Waals surface area (Å²) in [5.41, 5.74) is 0.0108. The number of aliphatic hydroxyl groups is 1. The molecule has 0 aliphatic heterocycles. The van der Waals surface area contributed by atoms with Crippen molar-refractivity contribution in [3.05, 3.63) is 29.6 Å². The van der Waals surface area contributed by atoms with E-state index < -0.39 is 11.6 Å². The summed E-state index contributed by atoms with van der Waals surface area (Å²) in [4.78, 5) is 1.95. The molecule has 1 N–H and O–H groups in total. The second-order valence-corrected chi connectivity index (χ2v) is 4.89. The molecule has 0 aromatic heterocycles. The lowest BCUT2D eigenvalue weighted by Gasteiger charge is -2.40. The van der Waals surface area contributed by atoms with E-state index in [4.69, 9.17) is 4.74 Å². The first-order chi connectivity index (χ1) is 8.36. The number of nitrogens with zero attached hydrogens (tertiary/aromatic N) is 1. The number of hydrogen-bond acceptors (Lipinski definition) is 3. The monoisotopic (exact) mass is 255 g/mol. The molecule has 0 fully saturated rings. The normalized spacial score (nSPS) is 16.4. The zero-order valence-electron chi connectivity index (χ0n) is 11.7. The Morgan fingerprint density at radius 3 is 2.50 bits per heavy atom. The van der Waals surface area contributed by atoms with Crippen LogP contribution in [0.3, 0.4) is 0 Å². The molecule has 3 nitrogen and oxygen atoms in total. The van der Waals surface area contributed by atoms with Crippen LogP contribution in [0.4, 0.5) is 4.39 Å². The highest BCUT2D eigenvalue weighted by Crippen LogP contribution is 2.37. The van der Waals surface area contributed by atoms with E-state index in [1.807, 2.05) is 32.8 Å². The predicted molar refractivity (Wildman–Crippen MR) is 70.3 cm³/mol. The highest BCUT2D eigenvalue weighted by Gasteiger charge is 2.36. The summed E-state index contributed by atoms with van der Waals surface area (Å²) in [6, 6.07) is 4.20. The van der Waals surface area contributed by atoms with Crippen LogP contribution in [0.15, 0.2) is 18.2 Å². The van der Waals surface area contributed by atoms with Gasteiger partial charge in [0.05, 0.1) is 7.11 Å². The van der Waals surface area contributed by atoms with Crippen LogP contribution < -0.4 is 4.74 Å². The maximum atomic E-state index is 13.4. The van der Waals surface area contributed by atoms with Crippen molar-refractivity contribution in [3.63, 3.8) is 0 Å². The Kier molecular flexibility index (Phi) is 4.71. The SMILES string of the molecule is CCC(C)(C(O)c1cc(F)ccc1OC)N(C)C. The van der Waals surface area contributed by atoms with E-state index in [9.17, 15) is 9.50 Å². The lowest BCUT2D eigenvalue weighted by Crippen LogP contribution is -2.46. The highest BCUT2D eigenvalue weighted by molar-refractivity contribution is 5.37. The average molecular weight is 255 g/mol. The van der Waals surface area contributed by atoms with Gasteiger partial charge in [-0.15, -0.1) is 0 Å². The van der Waals surface area contributed by atoms with Gasteiger partial charge in [0, 0.05) is 11.1 Å². The van der Waals surface area contributed by atoms with Crippen LogP contribution in [-0.2, 0) is 0 Å². The molecular weight excluding hydrogens is 233 g/mol. The van der Waals surface area contributed by atoms with Gasteiger partial charge in [-0.25, -0.2) is 4.39 Å². The number of halogens is 1. The maximum Gasteiger partial charge on any atom is 0.124 e. The molecule has 102 valence electrons. The molecular formula is C14H22FNO2. The van der Waals surface area contributed by atoms with Gasteiger partial charge in [0.15, 0.2) is 0 Å². The molecule has 2 unspecified atom stereocenters. The maximum absolute atomic E-state index is 13.4. The zero-order chi connectivity index (χ0) is 13.9. The van der Waals surface area contributed by atoms with Crippen LogP contribution in [-0.4, -0.2) is 36.8 Å². The first kappa shape index (κ1) is 14.9. The van der Waals surface area contributed by atoms with E-state index in [2.05, 4.69) is 0 Å². The third-order valence-electron chi connectivity index (χ3n) is 3.81. The Morgan fingerprint density at radius 2 is 2.06 bits per heavy atom. The molecule has 1 aromatic carbocycles. The van der Waals surface area contributed by atoms with Crippen molar-refractivity contribution in [1.29, 1.82) is 0 Å². The fourth-order valence-corrected chi connectivity index (χ4v) is 2.01. The molecule has 0 saturated heterocycles. The Bertz CT molecular complexity index is 409.